The largest absolute Gasteiger partial charge is 0.460 e. The Morgan fingerprint density at radius 1 is 1.23 bits per heavy atom. The van der Waals surface area contributed by atoms with Crippen LogP contribution in [-0.2, 0) is 20.9 Å². The first-order chi connectivity index (χ1) is 10.2. The van der Waals surface area contributed by atoms with Crippen molar-refractivity contribution < 1.29 is 19.4 Å². The minimum Gasteiger partial charge on any atom is -0.460 e. The lowest BCUT2D eigenvalue weighted by molar-refractivity contribution is -0.155. The standard InChI is InChI=1S/C17H25NO4/c1-12(5-10-15(20)22-17(2,3)4)16(21)18-14-8-6-13(11-19)7-9-14/h6-9,12,19H,5,10-11H2,1-4H3,(H,18,21)/t12-/m0/s1. The van der Waals surface area contributed by atoms with E-state index in [2.05, 4.69) is 5.32 Å². The predicted octanol–water partition coefficient (Wildman–Crippen LogP) is 2.88. The number of carbonyl (C=O) groups excluding carboxylic acids is 2. The number of hydrogen-bond acceptors (Lipinski definition) is 4. The highest BCUT2D eigenvalue weighted by Gasteiger charge is 2.19. The maximum Gasteiger partial charge on any atom is 0.306 e. The third-order valence-electron chi connectivity index (χ3n) is 3.05. The third kappa shape index (κ3) is 6.72. The lowest BCUT2D eigenvalue weighted by atomic mass is 10.0. The number of nitrogens with one attached hydrogen (secondary N) is 1. The molecule has 5 heteroatoms. The fourth-order valence-corrected chi connectivity index (χ4v) is 1.82. The summed E-state index contributed by atoms with van der Waals surface area (Å²) in [7, 11) is 0. The second-order valence-corrected chi connectivity index (χ2v) is 6.37. The number of amides is 1. The van der Waals surface area contributed by atoms with Gasteiger partial charge in [0.15, 0.2) is 0 Å². The summed E-state index contributed by atoms with van der Waals surface area (Å²) in [4.78, 5) is 23.7. The number of carbonyl (C=O) groups is 2. The monoisotopic (exact) mass is 307 g/mol. The lowest BCUT2D eigenvalue weighted by Gasteiger charge is -2.20. The zero-order chi connectivity index (χ0) is 16.8. The minimum atomic E-state index is -0.503. The quantitative estimate of drug-likeness (QED) is 0.792. The highest BCUT2D eigenvalue weighted by Crippen LogP contribution is 2.15. The Morgan fingerprint density at radius 3 is 2.32 bits per heavy atom. The van der Waals surface area contributed by atoms with Crippen LogP contribution in [0.4, 0.5) is 5.69 Å². The van der Waals surface area contributed by atoms with Crippen molar-refractivity contribution in [1.29, 1.82) is 0 Å². The van der Waals surface area contributed by atoms with Gasteiger partial charge in [-0.1, -0.05) is 19.1 Å². The normalized spacial score (nSPS) is 12.6. The van der Waals surface area contributed by atoms with E-state index in [4.69, 9.17) is 9.84 Å². The van der Waals surface area contributed by atoms with Crippen molar-refractivity contribution in [3.05, 3.63) is 29.8 Å². The van der Waals surface area contributed by atoms with Crippen LogP contribution in [0.1, 0.15) is 46.1 Å². The summed E-state index contributed by atoms with van der Waals surface area (Å²) >= 11 is 0. The van der Waals surface area contributed by atoms with Crippen LogP contribution >= 0.6 is 0 Å². The van der Waals surface area contributed by atoms with Gasteiger partial charge in [0, 0.05) is 18.0 Å². The first kappa shape index (κ1) is 18.2. The fraction of sp³-hybridized carbons (Fsp3) is 0.529. The Kier molecular flexibility index (Phi) is 6.56. The summed E-state index contributed by atoms with van der Waals surface area (Å²) < 4.78 is 5.22. The van der Waals surface area contributed by atoms with Crippen LogP contribution in [0.3, 0.4) is 0 Å². The first-order valence-electron chi connectivity index (χ1n) is 7.44. The second kappa shape index (κ2) is 7.94. The van der Waals surface area contributed by atoms with Gasteiger partial charge < -0.3 is 15.2 Å². The SMILES string of the molecule is C[C@@H](CCC(=O)OC(C)(C)C)C(=O)Nc1ccc(CO)cc1. The lowest BCUT2D eigenvalue weighted by Crippen LogP contribution is -2.25. The maximum absolute atomic E-state index is 12.1. The van der Waals surface area contributed by atoms with Gasteiger partial charge in [0.1, 0.15) is 5.60 Å². The third-order valence-corrected chi connectivity index (χ3v) is 3.05. The van der Waals surface area contributed by atoms with Crippen molar-refractivity contribution in [2.75, 3.05) is 5.32 Å². The molecule has 1 atom stereocenters. The molecule has 1 aromatic rings. The summed E-state index contributed by atoms with van der Waals surface area (Å²) in [6.07, 6.45) is 0.658. The Labute approximate surface area is 131 Å². The van der Waals surface area contributed by atoms with Crippen LogP contribution in [-0.4, -0.2) is 22.6 Å². The Balaban J connectivity index is 2.42. The van der Waals surface area contributed by atoms with E-state index < -0.39 is 5.60 Å². The van der Waals surface area contributed by atoms with Gasteiger partial charge in [-0.2, -0.15) is 0 Å². The highest BCUT2D eigenvalue weighted by atomic mass is 16.6. The second-order valence-electron chi connectivity index (χ2n) is 6.37. The molecular formula is C17H25NO4. The van der Waals surface area contributed by atoms with Crippen LogP contribution in [0, 0.1) is 5.92 Å². The average Bonchev–Trinajstić information content (AvgIpc) is 2.43. The smallest absolute Gasteiger partial charge is 0.306 e. The van der Waals surface area contributed by atoms with Crippen molar-refractivity contribution in [2.24, 2.45) is 5.92 Å². The van der Waals surface area contributed by atoms with E-state index in [1.807, 2.05) is 20.8 Å². The molecule has 0 aliphatic carbocycles. The van der Waals surface area contributed by atoms with Crippen LogP contribution in [0.25, 0.3) is 0 Å². The predicted molar refractivity (Wildman–Crippen MR) is 85.2 cm³/mol. The zero-order valence-electron chi connectivity index (χ0n) is 13.7. The minimum absolute atomic E-state index is 0.0273. The van der Waals surface area contributed by atoms with Gasteiger partial charge in [-0.05, 0) is 44.9 Å². The van der Waals surface area contributed by atoms with E-state index in [0.29, 0.717) is 12.1 Å². The summed E-state index contributed by atoms with van der Waals surface area (Å²) in [5.74, 6) is -0.718. The van der Waals surface area contributed by atoms with Gasteiger partial charge in [0.05, 0.1) is 6.61 Å². The Hall–Kier alpha value is -1.88. The van der Waals surface area contributed by atoms with E-state index in [0.717, 1.165) is 5.56 Å². The number of anilines is 1. The molecule has 0 heterocycles. The molecule has 0 saturated carbocycles. The Bertz CT molecular complexity index is 502. The van der Waals surface area contributed by atoms with E-state index in [9.17, 15) is 9.59 Å². The molecule has 22 heavy (non-hydrogen) atoms. The number of rotatable bonds is 6. The van der Waals surface area contributed by atoms with E-state index in [-0.39, 0.29) is 30.8 Å². The average molecular weight is 307 g/mol. The molecule has 0 saturated heterocycles. The molecule has 0 aliphatic heterocycles. The molecule has 0 fully saturated rings. The van der Waals surface area contributed by atoms with E-state index >= 15 is 0 Å². The van der Waals surface area contributed by atoms with Crippen molar-refractivity contribution in [1.82, 2.24) is 0 Å². The van der Waals surface area contributed by atoms with Crippen LogP contribution in [0.15, 0.2) is 24.3 Å². The molecule has 0 radical (unpaired) electrons. The molecule has 2 N–H and O–H groups in total. The molecule has 1 amide bonds. The van der Waals surface area contributed by atoms with E-state index in [1.165, 1.54) is 0 Å². The van der Waals surface area contributed by atoms with Gasteiger partial charge in [-0.3, -0.25) is 9.59 Å². The number of hydrogen-bond donors (Lipinski definition) is 2. The molecule has 0 unspecified atom stereocenters. The maximum atomic E-state index is 12.1. The first-order valence-corrected chi connectivity index (χ1v) is 7.44. The topological polar surface area (TPSA) is 75.6 Å². The fourth-order valence-electron chi connectivity index (χ4n) is 1.82. The Morgan fingerprint density at radius 2 is 1.82 bits per heavy atom. The van der Waals surface area contributed by atoms with Gasteiger partial charge in [0.2, 0.25) is 5.91 Å². The van der Waals surface area contributed by atoms with Crippen LogP contribution in [0.5, 0.6) is 0 Å². The molecule has 0 aliphatic rings. The number of ether oxygens (including phenoxy) is 1. The molecule has 0 bridgehead atoms. The summed E-state index contributed by atoms with van der Waals surface area (Å²) in [6.45, 7) is 7.20. The molecule has 0 aromatic heterocycles. The summed E-state index contributed by atoms with van der Waals surface area (Å²) in [5.41, 5.74) is 0.958. The van der Waals surface area contributed by atoms with Crippen molar-refractivity contribution in [2.45, 2.75) is 52.7 Å². The number of aliphatic hydroxyl groups excluding tert-OH is 1. The van der Waals surface area contributed by atoms with Crippen molar-refractivity contribution in [3.8, 4) is 0 Å². The zero-order valence-corrected chi connectivity index (χ0v) is 13.7. The molecule has 122 valence electrons. The number of aliphatic hydroxyl groups is 1. The van der Waals surface area contributed by atoms with Gasteiger partial charge in [0.25, 0.3) is 0 Å². The van der Waals surface area contributed by atoms with Crippen molar-refractivity contribution >= 4 is 17.6 Å². The van der Waals surface area contributed by atoms with Gasteiger partial charge >= 0.3 is 5.97 Å². The highest BCUT2D eigenvalue weighted by molar-refractivity contribution is 5.92. The summed E-state index contributed by atoms with van der Waals surface area (Å²) in [6, 6.07) is 6.98. The van der Waals surface area contributed by atoms with Gasteiger partial charge in [-0.25, -0.2) is 0 Å². The molecule has 1 rings (SSSR count). The summed E-state index contributed by atoms with van der Waals surface area (Å²) in [5, 5.41) is 11.8. The number of benzene rings is 1. The molecular weight excluding hydrogens is 282 g/mol. The molecule has 0 spiro atoms. The van der Waals surface area contributed by atoms with E-state index in [1.54, 1.807) is 31.2 Å². The van der Waals surface area contributed by atoms with Crippen molar-refractivity contribution in [3.63, 3.8) is 0 Å². The van der Waals surface area contributed by atoms with Crippen LogP contribution < -0.4 is 5.32 Å². The van der Waals surface area contributed by atoms with Gasteiger partial charge in [-0.15, -0.1) is 0 Å². The molecule has 5 nitrogen and oxygen atoms in total. The number of esters is 1. The molecule has 1 aromatic carbocycles. The van der Waals surface area contributed by atoms with Crippen LogP contribution in [0.2, 0.25) is 0 Å².